The molecule has 2 heterocycles. The van der Waals surface area contributed by atoms with Crippen molar-refractivity contribution in [2.45, 2.75) is 57.2 Å². The molecule has 172 valence electrons. The van der Waals surface area contributed by atoms with Crippen LogP contribution in [0.4, 0.5) is 18.0 Å². The van der Waals surface area contributed by atoms with Crippen LogP contribution in [0.5, 0.6) is 0 Å². The minimum Gasteiger partial charge on any atom is -0.434 e. The van der Waals surface area contributed by atoms with Crippen molar-refractivity contribution in [1.82, 2.24) is 9.55 Å². The lowest BCUT2D eigenvalue weighted by Gasteiger charge is -2.18. The quantitative estimate of drug-likeness (QED) is 0.351. The average Bonchev–Trinajstić information content (AvgIpc) is 3.09. The number of rotatable bonds is 9. The van der Waals surface area contributed by atoms with Crippen LogP contribution in [-0.2, 0) is 25.1 Å². The molecular formula is C19H23F3N2O7. The van der Waals surface area contributed by atoms with Gasteiger partial charge in [-0.3, -0.25) is 14.3 Å². The van der Waals surface area contributed by atoms with Gasteiger partial charge in [0.25, 0.3) is 5.56 Å². The maximum absolute atomic E-state index is 13.0. The Morgan fingerprint density at radius 3 is 2.74 bits per heavy atom. The number of nitrogens with zero attached hydrogens (tertiary/aromatic N) is 1. The van der Waals surface area contributed by atoms with Gasteiger partial charge in [-0.1, -0.05) is 25.7 Å². The number of ether oxygens (including phenoxy) is 4. The molecule has 31 heavy (non-hydrogen) atoms. The van der Waals surface area contributed by atoms with Crippen molar-refractivity contribution in [2.75, 3.05) is 19.8 Å². The first-order chi connectivity index (χ1) is 14.7. The summed E-state index contributed by atoms with van der Waals surface area (Å²) in [5, 5.41) is 0. The van der Waals surface area contributed by atoms with Gasteiger partial charge >= 0.3 is 18.0 Å². The van der Waals surface area contributed by atoms with E-state index in [9.17, 15) is 27.6 Å². The van der Waals surface area contributed by atoms with E-state index in [0.717, 1.165) is 12.8 Å². The number of halogens is 3. The SMILES string of the molecule is C#CCO[C@H]1C[C@H](n2cc(C(F)(F)F)c(=O)[nH]c2=O)O[C@@H]1COC(=O)OCCCCC. The number of hydrogen-bond donors (Lipinski definition) is 1. The molecule has 1 aromatic heterocycles. The number of carbonyl (C=O) groups excluding carboxylic acids is 1. The second-order valence-electron chi connectivity index (χ2n) is 6.74. The van der Waals surface area contributed by atoms with Gasteiger partial charge in [-0.05, 0) is 6.42 Å². The van der Waals surface area contributed by atoms with E-state index < -0.39 is 47.6 Å². The van der Waals surface area contributed by atoms with Crippen LogP contribution in [0.1, 0.15) is 44.4 Å². The molecule has 0 bridgehead atoms. The zero-order chi connectivity index (χ0) is 23.0. The number of H-pyrrole nitrogens is 1. The molecule has 9 nitrogen and oxygen atoms in total. The highest BCUT2D eigenvalue weighted by Gasteiger charge is 2.40. The zero-order valence-electron chi connectivity index (χ0n) is 16.8. The molecule has 1 N–H and O–H groups in total. The second-order valence-corrected chi connectivity index (χ2v) is 6.74. The Morgan fingerprint density at radius 2 is 2.10 bits per heavy atom. The van der Waals surface area contributed by atoms with Crippen LogP contribution < -0.4 is 11.2 Å². The summed E-state index contributed by atoms with van der Waals surface area (Å²) in [6, 6.07) is 0. The fraction of sp³-hybridized carbons (Fsp3) is 0.632. The van der Waals surface area contributed by atoms with Crippen molar-refractivity contribution in [3.63, 3.8) is 0 Å². The minimum absolute atomic E-state index is 0.0650. The molecule has 1 aliphatic rings. The Hall–Kier alpha value is -2.78. The molecule has 0 unspecified atom stereocenters. The van der Waals surface area contributed by atoms with E-state index in [0.29, 0.717) is 17.2 Å². The molecule has 2 rings (SSSR count). The molecule has 3 atom stereocenters. The lowest BCUT2D eigenvalue weighted by Crippen LogP contribution is -2.36. The van der Waals surface area contributed by atoms with E-state index >= 15 is 0 Å². The van der Waals surface area contributed by atoms with Crippen LogP contribution in [0, 0.1) is 12.3 Å². The van der Waals surface area contributed by atoms with Crippen molar-refractivity contribution in [2.24, 2.45) is 0 Å². The summed E-state index contributed by atoms with van der Waals surface area (Å²) in [7, 11) is 0. The van der Waals surface area contributed by atoms with E-state index in [2.05, 4.69) is 5.92 Å². The van der Waals surface area contributed by atoms with Crippen LogP contribution in [0.25, 0.3) is 0 Å². The smallest absolute Gasteiger partial charge is 0.434 e. The molecule has 0 spiro atoms. The number of aromatic amines is 1. The molecule has 0 amide bonds. The molecule has 0 aromatic carbocycles. The van der Waals surface area contributed by atoms with Crippen LogP contribution in [0.2, 0.25) is 0 Å². The summed E-state index contributed by atoms with van der Waals surface area (Å²) in [5.74, 6) is 2.25. The van der Waals surface area contributed by atoms with Gasteiger partial charge in [-0.25, -0.2) is 9.59 Å². The van der Waals surface area contributed by atoms with Gasteiger partial charge in [0.15, 0.2) is 0 Å². The van der Waals surface area contributed by atoms with E-state index in [1.54, 1.807) is 4.98 Å². The fourth-order valence-electron chi connectivity index (χ4n) is 2.95. The Balaban J connectivity index is 2.11. The van der Waals surface area contributed by atoms with E-state index in [-0.39, 0.29) is 26.2 Å². The molecule has 1 aliphatic heterocycles. The number of hydrogen-bond acceptors (Lipinski definition) is 7. The molecule has 0 radical (unpaired) electrons. The van der Waals surface area contributed by atoms with Crippen molar-refractivity contribution in [1.29, 1.82) is 0 Å². The number of aromatic nitrogens is 2. The average molecular weight is 448 g/mol. The predicted octanol–water partition coefficient (Wildman–Crippen LogP) is 2.20. The Labute approximate surface area is 175 Å². The largest absolute Gasteiger partial charge is 0.508 e. The van der Waals surface area contributed by atoms with Gasteiger partial charge in [-0.2, -0.15) is 13.2 Å². The highest BCUT2D eigenvalue weighted by Crippen LogP contribution is 2.32. The fourth-order valence-corrected chi connectivity index (χ4v) is 2.95. The summed E-state index contributed by atoms with van der Waals surface area (Å²) in [6.07, 6.45) is -0.803. The van der Waals surface area contributed by atoms with Gasteiger partial charge < -0.3 is 18.9 Å². The predicted molar refractivity (Wildman–Crippen MR) is 100 cm³/mol. The van der Waals surface area contributed by atoms with Gasteiger partial charge in [0, 0.05) is 12.6 Å². The van der Waals surface area contributed by atoms with E-state index in [1.807, 2.05) is 6.92 Å². The Bertz CT molecular complexity index is 903. The Morgan fingerprint density at radius 1 is 1.35 bits per heavy atom. The first-order valence-corrected chi connectivity index (χ1v) is 9.60. The normalized spacial score (nSPS) is 20.9. The van der Waals surface area contributed by atoms with Gasteiger partial charge in [0.2, 0.25) is 0 Å². The standard InChI is InChI=1S/C19H23F3N2O7/c1-3-5-6-8-29-18(27)30-11-14-13(28-7-4-2)9-15(31-14)24-10-12(19(20,21)22)16(25)23-17(24)26/h2,10,13-15H,3,5-9,11H2,1H3,(H,23,25,26)/t13-,14+,15+/m0/s1. The van der Waals surface area contributed by atoms with Crippen molar-refractivity contribution in [3.8, 4) is 12.3 Å². The summed E-state index contributed by atoms with van der Waals surface area (Å²) in [6.45, 7) is 1.72. The molecule has 12 heteroatoms. The number of terminal acetylenes is 1. The monoisotopic (exact) mass is 448 g/mol. The molecule has 0 aliphatic carbocycles. The molecule has 1 aromatic rings. The van der Waals surface area contributed by atoms with Crippen molar-refractivity contribution < 1.29 is 36.9 Å². The maximum atomic E-state index is 13.0. The summed E-state index contributed by atoms with van der Waals surface area (Å²) < 4.78 is 60.6. The van der Waals surface area contributed by atoms with Gasteiger partial charge in [-0.15, -0.1) is 6.42 Å². The van der Waals surface area contributed by atoms with Crippen LogP contribution >= 0.6 is 0 Å². The maximum Gasteiger partial charge on any atom is 0.508 e. The van der Waals surface area contributed by atoms with E-state index in [1.165, 1.54) is 0 Å². The highest BCUT2D eigenvalue weighted by molar-refractivity contribution is 5.59. The number of alkyl halides is 3. The highest BCUT2D eigenvalue weighted by atomic mass is 19.4. The topological polar surface area (TPSA) is 109 Å². The summed E-state index contributed by atoms with van der Waals surface area (Å²) in [5.41, 5.74) is -4.19. The number of unbranched alkanes of at least 4 members (excludes halogenated alkanes) is 2. The second kappa shape index (κ2) is 11.0. The number of nitrogens with one attached hydrogen (secondary N) is 1. The third kappa shape index (κ3) is 6.86. The molecule has 1 fully saturated rings. The summed E-state index contributed by atoms with van der Waals surface area (Å²) in [4.78, 5) is 36.8. The third-order valence-electron chi connectivity index (χ3n) is 4.48. The van der Waals surface area contributed by atoms with Crippen molar-refractivity contribution in [3.05, 3.63) is 32.6 Å². The lowest BCUT2D eigenvalue weighted by molar-refractivity contribution is -0.139. The first-order valence-electron chi connectivity index (χ1n) is 9.60. The van der Waals surface area contributed by atoms with Crippen LogP contribution in [0.3, 0.4) is 0 Å². The molecular weight excluding hydrogens is 425 g/mol. The summed E-state index contributed by atoms with van der Waals surface area (Å²) >= 11 is 0. The van der Waals surface area contributed by atoms with E-state index in [4.69, 9.17) is 25.4 Å². The number of carbonyl (C=O) groups is 1. The third-order valence-corrected chi connectivity index (χ3v) is 4.48. The van der Waals surface area contributed by atoms with Crippen LogP contribution in [-0.4, -0.2) is 47.7 Å². The zero-order valence-corrected chi connectivity index (χ0v) is 16.8. The molecule has 0 saturated carbocycles. The molecule has 1 saturated heterocycles. The van der Waals surface area contributed by atoms with Crippen molar-refractivity contribution >= 4 is 6.16 Å². The minimum atomic E-state index is -4.97. The Kier molecular flexibility index (Phi) is 8.70. The van der Waals surface area contributed by atoms with Gasteiger partial charge in [0.1, 0.15) is 31.1 Å². The lowest BCUT2D eigenvalue weighted by atomic mass is 10.2. The van der Waals surface area contributed by atoms with Gasteiger partial charge in [0.05, 0.1) is 12.7 Å². The van der Waals surface area contributed by atoms with Crippen LogP contribution in [0.15, 0.2) is 15.8 Å². The first kappa shape index (κ1) is 24.5.